The Bertz CT molecular complexity index is 733. The van der Waals surface area contributed by atoms with Crippen LogP contribution in [-0.4, -0.2) is 58.2 Å². The number of ether oxygens (including phenoxy) is 1. The molecule has 1 fully saturated rings. The largest absolute Gasteiger partial charge is 0.507 e. The van der Waals surface area contributed by atoms with E-state index >= 15 is 0 Å². The van der Waals surface area contributed by atoms with E-state index in [1.54, 1.807) is 36.3 Å². The summed E-state index contributed by atoms with van der Waals surface area (Å²) >= 11 is 0. The smallest absolute Gasteiger partial charge is 0.274 e. The van der Waals surface area contributed by atoms with Gasteiger partial charge in [0.25, 0.3) is 5.91 Å². The topological polar surface area (TPSA) is 79.9 Å². The van der Waals surface area contributed by atoms with E-state index in [-0.39, 0.29) is 11.7 Å². The molecule has 0 spiro atoms. The van der Waals surface area contributed by atoms with Gasteiger partial charge in [-0.3, -0.25) is 14.5 Å². The highest BCUT2D eigenvalue weighted by atomic mass is 16.5. The summed E-state index contributed by atoms with van der Waals surface area (Å²) in [6, 6.07) is 6.89. The molecule has 0 unspecified atom stereocenters. The number of rotatable bonds is 3. The summed E-state index contributed by atoms with van der Waals surface area (Å²) in [5.74, 6) is 0.0268. The molecule has 2 heterocycles. The third-order valence-corrected chi connectivity index (χ3v) is 3.70. The van der Waals surface area contributed by atoms with Crippen LogP contribution in [0.2, 0.25) is 0 Å². The first kappa shape index (κ1) is 15.2. The van der Waals surface area contributed by atoms with Crippen LogP contribution in [-0.2, 0) is 11.8 Å². The molecule has 7 nitrogen and oxygen atoms in total. The SMILES string of the molecule is Cn1ncc(N=Cc2ccccc2O)c1C(=O)N1CCOCC1. The van der Waals surface area contributed by atoms with Gasteiger partial charge in [-0.15, -0.1) is 0 Å². The molecule has 0 radical (unpaired) electrons. The lowest BCUT2D eigenvalue weighted by atomic mass is 10.2. The van der Waals surface area contributed by atoms with E-state index in [0.29, 0.717) is 43.2 Å². The zero-order valence-electron chi connectivity index (χ0n) is 12.8. The van der Waals surface area contributed by atoms with Crippen molar-refractivity contribution in [3.8, 4) is 5.75 Å². The second-order valence-electron chi connectivity index (χ2n) is 5.22. The van der Waals surface area contributed by atoms with E-state index in [1.165, 1.54) is 10.9 Å². The van der Waals surface area contributed by atoms with Gasteiger partial charge in [0.1, 0.15) is 11.4 Å². The fraction of sp³-hybridized carbons (Fsp3) is 0.312. The van der Waals surface area contributed by atoms with Crippen molar-refractivity contribution in [2.75, 3.05) is 26.3 Å². The lowest BCUT2D eigenvalue weighted by molar-refractivity contribution is 0.0296. The van der Waals surface area contributed by atoms with Crippen LogP contribution in [0.25, 0.3) is 0 Å². The predicted octanol–water partition coefficient (Wildman–Crippen LogP) is 1.35. The van der Waals surface area contributed by atoms with E-state index in [4.69, 9.17) is 4.74 Å². The molecule has 2 aromatic rings. The second kappa shape index (κ2) is 6.62. The summed E-state index contributed by atoms with van der Waals surface area (Å²) in [5, 5.41) is 13.9. The summed E-state index contributed by atoms with van der Waals surface area (Å²) in [7, 11) is 1.71. The standard InChI is InChI=1S/C16H18N4O3/c1-19-15(16(22)20-6-8-23-9-7-20)13(11-18-19)17-10-12-4-2-3-5-14(12)21/h2-5,10-11,21H,6-9H2,1H3. The number of phenolic OH excluding ortho intramolecular Hbond substituents is 1. The number of aryl methyl sites for hydroxylation is 1. The van der Waals surface area contributed by atoms with Gasteiger partial charge in [0.2, 0.25) is 0 Å². The highest BCUT2D eigenvalue weighted by Crippen LogP contribution is 2.21. The Hall–Kier alpha value is -2.67. The lowest BCUT2D eigenvalue weighted by Gasteiger charge is -2.26. The van der Waals surface area contributed by atoms with Gasteiger partial charge in [0.15, 0.2) is 5.69 Å². The fourth-order valence-corrected chi connectivity index (χ4v) is 2.42. The number of nitrogens with zero attached hydrogens (tertiary/aromatic N) is 4. The van der Waals surface area contributed by atoms with Crippen molar-refractivity contribution in [3.05, 3.63) is 41.7 Å². The molecule has 3 rings (SSSR count). The maximum absolute atomic E-state index is 12.7. The van der Waals surface area contributed by atoms with Gasteiger partial charge in [-0.25, -0.2) is 0 Å². The Balaban J connectivity index is 1.86. The van der Waals surface area contributed by atoms with E-state index in [0.717, 1.165) is 0 Å². The Kier molecular flexibility index (Phi) is 4.38. The lowest BCUT2D eigenvalue weighted by Crippen LogP contribution is -2.41. The number of aliphatic imine (C=N–C) groups is 1. The van der Waals surface area contributed by atoms with Crippen molar-refractivity contribution in [1.29, 1.82) is 0 Å². The van der Waals surface area contributed by atoms with E-state index in [2.05, 4.69) is 10.1 Å². The third kappa shape index (κ3) is 3.24. The van der Waals surface area contributed by atoms with Crippen LogP contribution < -0.4 is 0 Å². The zero-order valence-corrected chi connectivity index (χ0v) is 12.8. The number of carbonyl (C=O) groups is 1. The number of morpholine rings is 1. The van der Waals surface area contributed by atoms with Gasteiger partial charge >= 0.3 is 0 Å². The van der Waals surface area contributed by atoms with Crippen molar-refractivity contribution in [3.63, 3.8) is 0 Å². The number of carbonyl (C=O) groups excluding carboxylic acids is 1. The maximum atomic E-state index is 12.7. The van der Waals surface area contributed by atoms with Gasteiger partial charge in [0.05, 0.1) is 19.4 Å². The normalized spacial score (nSPS) is 15.3. The van der Waals surface area contributed by atoms with Gasteiger partial charge < -0.3 is 14.7 Å². The summed E-state index contributed by atoms with van der Waals surface area (Å²) in [6.45, 7) is 2.21. The van der Waals surface area contributed by atoms with Crippen LogP contribution in [0.1, 0.15) is 16.1 Å². The minimum Gasteiger partial charge on any atom is -0.507 e. The number of amides is 1. The molecule has 120 valence electrons. The van der Waals surface area contributed by atoms with Crippen molar-refractivity contribution in [2.45, 2.75) is 0 Å². The number of benzene rings is 1. The van der Waals surface area contributed by atoms with E-state index in [9.17, 15) is 9.90 Å². The predicted molar refractivity (Wildman–Crippen MR) is 85.3 cm³/mol. The van der Waals surface area contributed by atoms with E-state index in [1.807, 2.05) is 6.07 Å². The molecule has 23 heavy (non-hydrogen) atoms. The number of aromatic hydroxyl groups is 1. The van der Waals surface area contributed by atoms with Crippen LogP contribution in [0.4, 0.5) is 5.69 Å². The summed E-state index contributed by atoms with van der Waals surface area (Å²) < 4.78 is 6.80. The average molecular weight is 314 g/mol. The molecule has 0 bridgehead atoms. The number of phenols is 1. The molecule has 1 saturated heterocycles. The monoisotopic (exact) mass is 314 g/mol. The molecule has 1 aliphatic rings. The molecule has 0 saturated carbocycles. The highest BCUT2D eigenvalue weighted by Gasteiger charge is 2.24. The molecule has 0 aliphatic carbocycles. The Labute approximate surface area is 133 Å². The molecule has 0 atom stereocenters. The Morgan fingerprint density at radius 1 is 1.35 bits per heavy atom. The highest BCUT2D eigenvalue weighted by molar-refractivity contribution is 5.98. The summed E-state index contributed by atoms with van der Waals surface area (Å²) in [4.78, 5) is 18.7. The number of hydrogen-bond donors (Lipinski definition) is 1. The molecular formula is C16H18N4O3. The van der Waals surface area contributed by atoms with Gasteiger partial charge in [0, 0.05) is 31.9 Å². The zero-order chi connectivity index (χ0) is 16.2. The summed E-state index contributed by atoms with van der Waals surface area (Å²) in [5.41, 5.74) is 1.49. The minimum atomic E-state index is -0.113. The van der Waals surface area contributed by atoms with Gasteiger partial charge in [-0.1, -0.05) is 12.1 Å². The average Bonchev–Trinajstić information content (AvgIpc) is 2.95. The van der Waals surface area contributed by atoms with Crippen LogP contribution in [0.3, 0.4) is 0 Å². The molecular weight excluding hydrogens is 296 g/mol. The van der Waals surface area contributed by atoms with Gasteiger partial charge in [-0.05, 0) is 12.1 Å². The third-order valence-electron chi connectivity index (χ3n) is 3.70. The number of para-hydroxylation sites is 1. The molecule has 1 amide bonds. The molecule has 1 aromatic heterocycles. The summed E-state index contributed by atoms with van der Waals surface area (Å²) in [6.07, 6.45) is 3.08. The van der Waals surface area contributed by atoms with Crippen LogP contribution in [0.15, 0.2) is 35.5 Å². The molecule has 1 aromatic carbocycles. The van der Waals surface area contributed by atoms with Crippen molar-refractivity contribution in [2.24, 2.45) is 12.0 Å². The minimum absolute atomic E-state index is 0.113. The Morgan fingerprint density at radius 3 is 2.83 bits per heavy atom. The number of aromatic nitrogens is 2. The molecule has 7 heteroatoms. The van der Waals surface area contributed by atoms with Crippen LogP contribution in [0, 0.1) is 0 Å². The maximum Gasteiger partial charge on any atom is 0.274 e. The van der Waals surface area contributed by atoms with Crippen molar-refractivity contribution in [1.82, 2.24) is 14.7 Å². The Morgan fingerprint density at radius 2 is 2.09 bits per heavy atom. The van der Waals surface area contributed by atoms with E-state index < -0.39 is 0 Å². The first-order chi connectivity index (χ1) is 11.2. The van der Waals surface area contributed by atoms with Crippen molar-refractivity contribution >= 4 is 17.8 Å². The molecule has 1 N–H and O–H groups in total. The number of hydrogen-bond acceptors (Lipinski definition) is 5. The second-order valence-corrected chi connectivity index (χ2v) is 5.22. The first-order valence-corrected chi connectivity index (χ1v) is 7.38. The van der Waals surface area contributed by atoms with Crippen LogP contribution in [0.5, 0.6) is 5.75 Å². The van der Waals surface area contributed by atoms with Crippen molar-refractivity contribution < 1.29 is 14.6 Å². The quantitative estimate of drug-likeness (QED) is 0.867. The molecule has 1 aliphatic heterocycles. The van der Waals surface area contributed by atoms with Crippen LogP contribution >= 0.6 is 0 Å². The van der Waals surface area contributed by atoms with Gasteiger partial charge in [-0.2, -0.15) is 5.10 Å². The fourth-order valence-electron chi connectivity index (χ4n) is 2.42. The first-order valence-electron chi connectivity index (χ1n) is 7.38.